The molecule has 6 nitrogen and oxygen atoms in total. The average molecular weight is 345 g/mol. The first-order valence-electron chi connectivity index (χ1n) is 7.56. The number of rotatable bonds is 4. The van der Waals surface area contributed by atoms with E-state index in [2.05, 4.69) is 26.8 Å². The molecule has 1 aromatic heterocycles. The number of amides is 1. The fraction of sp³-hybridized carbons (Fsp3) is 0.235. The van der Waals surface area contributed by atoms with Crippen molar-refractivity contribution < 1.29 is 9.53 Å². The summed E-state index contributed by atoms with van der Waals surface area (Å²) in [5, 5.41) is 2.93. The molecule has 1 aliphatic rings. The summed E-state index contributed by atoms with van der Waals surface area (Å²) in [4.78, 5) is 22.2. The Morgan fingerprint density at radius 1 is 1.38 bits per heavy atom. The van der Waals surface area contributed by atoms with Gasteiger partial charge in [0.15, 0.2) is 0 Å². The van der Waals surface area contributed by atoms with E-state index in [1.807, 2.05) is 24.3 Å². The zero-order valence-electron chi connectivity index (χ0n) is 13.0. The van der Waals surface area contributed by atoms with Crippen molar-refractivity contribution in [2.75, 3.05) is 36.5 Å². The number of nitrogens with zero attached hydrogens (tertiary/aromatic N) is 3. The van der Waals surface area contributed by atoms with Gasteiger partial charge >= 0.3 is 0 Å². The van der Waals surface area contributed by atoms with E-state index in [4.69, 9.17) is 16.3 Å². The van der Waals surface area contributed by atoms with Crippen molar-refractivity contribution in [1.82, 2.24) is 9.97 Å². The van der Waals surface area contributed by atoms with Crippen molar-refractivity contribution in [3.8, 4) is 11.3 Å². The maximum Gasteiger partial charge on any atom is 0.247 e. The Morgan fingerprint density at radius 3 is 2.92 bits per heavy atom. The van der Waals surface area contributed by atoms with E-state index in [-0.39, 0.29) is 11.2 Å². The molecular formula is C17H17ClN4O2. The molecule has 1 fully saturated rings. The summed E-state index contributed by atoms with van der Waals surface area (Å²) < 4.78 is 5.40. The Kier molecular flexibility index (Phi) is 5.08. The van der Waals surface area contributed by atoms with Crippen molar-refractivity contribution in [3.05, 3.63) is 48.4 Å². The Labute approximate surface area is 145 Å². The highest BCUT2D eigenvalue weighted by molar-refractivity contribution is 6.28. The summed E-state index contributed by atoms with van der Waals surface area (Å²) in [6, 6.07) is 7.44. The van der Waals surface area contributed by atoms with Gasteiger partial charge in [0.25, 0.3) is 0 Å². The Balaban J connectivity index is 1.98. The summed E-state index contributed by atoms with van der Waals surface area (Å²) in [5.41, 5.74) is 3.14. The van der Waals surface area contributed by atoms with Gasteiger partial charge in [-0.05, 0) is 29.8 Å². The highest BCUT2D eigenvalue weighted by atomic mass is 35.5. The van der Waals surface area contributed by atoms with Gasteiger partial charge in [0.1, 0.15) is 0 Å². The van der Waals surface area contributed by atoms with E-state index in [1.54, 1.807) is 6.20 Å². The van der Waals surface area contributed by atoms with Crippen molar-refractivity contribution >= 4 is 28.9 Å². The predicted octanol–water partition coefficient (Wildman–Crippen LogP) is 2.76. The van der Waals surface area contributed by atoms with Gasteiger partial charge in [-0.1, -0.05) is 18.7 Å². The van der Waals surface area contributed by atoms with Crippen LogP contribution < -0.4 is 10.2 Å². The number of nitrogens with one attached hydrogen (secondary N) is 1. The summed E-state index contributed by atoms with van der Waals surface area (Å²) in [5.74, 6) is -0.263. The maximum absolute atomic E-state index is 11.5. The molecule has 1 aromatic carbocycles. The molecule has 7 heteroatoms. The second-order valence-corrected chi connectivity index (χ2v) is 5.58. The monoisotopic (exact) mass is 344 g/mol. The molecule has 0 spiro atoms. The molecule has 124 valence electrons. The predicted molar refractivity (Wildman–Crippen MR) is 94.3 cm³/mol. The van der Waals surface area contributed by atoms with Crippen LogP contribution in [0.15, 0.2) is 43.1 Å². The molecule has 1 amide bonds. The normalized spacial score (nSPS) is 14.3. The molecule has 2 heterocycles. The smallest absolute Gasteiger partial charge is 0.247 e. The summed E-state index contributed by atoms with van der Waals surface area (Å²) >= 11 is 6.00. The molecule has 3 rings (SSSR count). The number of ether oxygens (including phenoxy) is 1. The van der Waals surface area contributed by atoms with Gasteiger partial charge in [0.05, 0.1) is 30.8 Å². The quantitative estimate of drug-likeness (QED) is 0.682. The molecule has 0 aliphatic carbocycles. The number of carbonyl (C=O) groups is 1. The van der Waals surface area contributed by atoms with Gasteiger partial charge in [-0.25, -0.2) is 9.97 Å². The topological polar surface area (TPSA) is 67.4 Å². The fourth-order valence-corrected chi connectivity index (χ4v) is 2.67. The molecule has 0 radical (unpaired) electrons. The number of carbonyl (C=O) groups excluding carboxylic acids is 1. The van der Waals surface area contributed by atoms with Gasteiger partial charge in [-0.2, -0.15) is 0 Å². The number of aromatic nitrogens is 2. The van der Waals surface area contributed by atoms with Crippen LogP contribution in [0.2, 0.25) is 5.28 Å². The fourth-order valence-electron chi connectivity index (χ4n) is 2.54. The zero-order valence-corrected chi connectivity index (χ0v) is 13.8. The van der Waals surface area contributed by atoms with E-state index in [0.717, 1.165) is 30.0 Å². The molecule has 0 atom stereocenters. The van der Waals surface area contributed by atoms with Crippen molar-refractivity contribution in [1.29, 1.82) is 0 Å². The van der Waals surface area contributed by atoms with Crippen molar-refractivity contribution in [3.63, 3.8) is 0 Å². The number of anilines is 2. The highest BCUT2D eigenvalue weighted by Crippen LogP contribution is 2.31. The number of benzene rings is 1. The summed E-state index contributed by atoms with van der Waals surface area (Å²) in [7, 11) is 0. The van der Waals surface area contributed by atoms with E-state index in [1.165, 1.54) is 6.08 Å². The highest BCUT2D eigenvalue weighted by Gasteiger charge is 2.18. The van der Waals surface area contributed by atoms with Crippen LogP contribution in [0.1, 0.15) is 0 Å². The lowest BCUT2D eigenvalue weighted by molar-refractivity contribution is -0.111. The molecule has 0 saturated carbocycles. The van der Waals surface area contributed by atoms with Gasteiger partial charge in [-0.3, -0.25) is 4.79 Å². The number of halogens is 1. The Hall–Kier alpha value is -2.44. The molecule has 2 aromatic rings. The first-order chi connectivity index (χ1) is 11.7. The van der Waals surface area contributed by atoms with Gasteiger partial charge in [-0.15, -0.1) is 0 Å². The Bertz CT molecular complexity index is 760. The first kappa shape index (κ1) is 16.4. The van der Waals surface area contributed by atoms with Crippen LogP contribution >= 0.6 is 11.6 Å². The van der Waals surface area contributed by atoms with Crippen LogP contribution in [0.5, 0.6) is 0 Å². The lowest BCUT2D eigenvalue weighted by Crippen LogP contribution is -2.36. The third kappa shape index (κ3) is 3.72. The molecule has 0 bridgehead atoms. The molecule has 0 unspecified atom stereocenters. The van der Waals surface area contributed by atoms with Crippen LogP contribution in [-0.2, 0) is 9.53 Å². The number of hydrogen-bond donors (Lipinski definition) is 1. The summed E-state index contributed by atoms with van der Waals surface area (Å²) in [6.07, 6.45) is 2.96. The zero-order chi connectivity index (χ0) is 16.9. The molecule has 1 aliphatic heterocycles. The van der Waals surface area contributed by atoms with Gasteiger partial charge in [0.2, 0.25) is 11.2 Å². The summed E-state index contributed by atoms with van der Waals surface area (Å²) in [6.45, 7) is 6.32. The van der Waals surface area contributed by atoms with Crippen molar-refractivity contribution in [2.24, 2.45) is 0 Å². The van der Waals surface area contributed by atoms with E-state index in [9.17, 15) is 4.79 Å². The minimum Gasteiger partial charge on any atom is -0.378 e. The lowest BCUT2D eigenvalue weighted by atomic mass is 10.1. The van der Waals surface area contributed by atoms with E-state index >= 15 is 0 Å². The standard InChI is InChI=1S/C17H17ClN4O2/c1-2-15(23)20-13-5-3-4-12(10-13)16-14(11-19-17(18)21-16)22-6-8-24-9-7-22/h2-5,10-11H,1,6-9H2,(H,20,23). The second kappa shape index (κ2) is 7.42. The number of hydrogen-bond acceptors (Lipinski definition) is 5. The maximum atomic E-state index is 11.5. The number of morpholine rings is 1. The minimum atomic E-state index is -0.263. The average Bonchev–Trinajstić information content (AvgIpc) is 2.62. The first-order valence-corrected chi connectivity index (χ1v) is 7.94. The SMILES string of the molecule is C=CC(=O)Nc1cccc(-c2nc(Cl)ncc2N2CCOCC2)c1. The van der Waals surface area contributed by atoms with E-state index in [0.29, 0.717) is 18.9 Å². The lowest BCUT2D eigenvalue weighted by Gasteiger charge is -2.29. The molecule has 1 saturated heterocycles. The third-order valence-corrected chi connectivity index (χ3v) is 3.86. The molecule has 24 heavy (non-hydrogen) atoms. The van der Waals surface area contributed by atoms with Crippen molar-refractivity contribution in [2.45, 2.75) is 0 Å². The largest absolute Gasteiger partial charge is 0.378 e. The third-order valence-electron chi connectivity index (χ3n) is 3.68. The van der Waals surface area contributed by atoms with Gasteiger partial charge in [0, 0.05) is 24.3 Å². The van der Waals surface area contributed by atoms with E-state index < -0.39 is 0 Å². The molecule has 1 N–H and O–H groups in total. The van der Waals surface area contributed by atoms with Crippen LogP contribution in [0.3, 0.4) is 0 Å². The molecular weight excluding hydrogens is 328 g/mol. The van der Waals surface area contributed by atoms with Crippen LogP contribution in [0.4, 0.5) is 11.4 Å². The second-order valence-electron chi connectivity index (χ2n) is 5.25. The van der Waals surface area contributed by atoms with Crippen LogP contribution in [-0.4, -0.2) is 42.2 Å². The van der Waals surface area contributed by atoms with Crippen LogP contribution in [0.25, 0.3) is 11.3 Å². The van der Waals surface area contributed by atoms with Crippen LogP contribution in [0, 0.1) is 0 Å². The minimum absolute atomic E-state index is 0.183. The Morgan fingerprint density at radius 2 is 2.17 bits per heavy atom. The van der Waals surface area contributed by atoms with Gasteiger partial charge < -0.3 is 15.0 Å².